The molecule has 23 heavy (non-hydrogen) atoms. The molecule has 0 unspecified atom stereocenters. The van der Waals surface area contributed by atoms with Gasteiger partial charge in [0.15, 0.2) is 5.78 Å². The molecule has 0 aromatic heterocycles. The van der Waals surface area contributed by atoms with E-state index in [1.165, 1.54) is 12.1 Å². The molecule has 0 radical (unpaired) electrons. The quantitative estimate of drug-likeness (QED) is 0.469. The number of halogens is 3. The summed E-state index contributed by atoms with van der Waals surface area (Å²) >= 11 is 18.0. The molecule has 1 aliphatic carbocycles. The van der Waals surface area contributed by atoms with Gasteiger partial charge in [0.05, 0.1) is 27.4 Å². The molecule has 2 atom stereocenters. The van der Waals surface area contributed by atoms with Gasteiger partial charge in [-0.15, -0.1) is 0 Å². The molecule has 1 N–H and O–H groups in total. The van der Waals surface area contributed by atoms with Gasteiger partial charge >= 0.3 is 5.97 Å². The Balaban J connectivity index is 2.20. The van der Waals surface area contributed by atoms with Crippen molar-refractivity contribution < 1.29 is 14.3 Å². The maximum atomic E-state index is 12.2. The highest BCUT2D eigenvalue weighted by Crippen LogP contribution is 2.35. The molecule has 0 fully saturated rings. The molecule has 0 saturated heterocycles. The highest BCUT2D eigenvalue weighted by atomic mass is 35.5. The number of ketones is 1. The fourth-order valence-corrected chi connectivity index (χ4v) is 3.12. The van der Waals surface area contributed by atoms with Crippen molar-refractivity contribution in [2.24, 2.45) is 11.8 Å². The minimum atomic E-state index is -0.759. The lowest BCUT2D eigenvalue weighted by atomic mass is 9.82. The third kappa shape index (κ3) is 4.19. The first-order chi connectivity index (χ1) is 10.8. The molecule has 4 nitrogen and oxygen atoms in total. The smallest absolute Gasteiger partial charge is 0.317 e. The van der Waals surface area contributed by atoms with Crippen LogP contribution in [-0.4, -0.2) is 18.4 Å². The molecule has 1 aromatic carbocycles. The van der Waals surface area contributed by atoms with E-state index in [4.69, 9.17) is 39.5 Å². The first-order valence-corrected chi connectivity index (χ1v) is 8.29. The van der Waals surface area contributed by atoms with Gasteiger partial charge in [0.1, 0.15) is 5.92 Å². The Hall–Kier alpha value is -1.23. The average molecular weight is 377 g/mol. The number of rotatable bonds is 4. The largest absolute Gasteiger partial charge is 0.465 e. The minimum absolute atomic E-state index is 0.171. The van der Waals surface area contributed by atoms with Crippen molar-refractivity contribution in [3.05, 3.63) is 39.0 Å². The predicted molar refractivity (Wildman–Crippen MR) is 92.1 cm³/mol. The van der Waals surface area contributed by atoms with Crippen molar-refractivity contribution in [3.63, 3.8) is 0 Å². The molecule has 0 saturated carbocycles. The summed E-state index contributed by atoms with van der Waals surface area (Å²) in [4.78, 5) is 24.1. The van der Waals surface area contributed by atoms with E-state index in [0.717, 1.165) is 0 Å². The maximum Gasteiger partial charge on any atom is 0.317 e. The predicted octanol–water partition coefficient (Wildman–Crippen LogP) is 4.73. The Bertz CT molecular complexity index is 673. The fraction of sp³-hybridized carbons (Fsp3) is 0.375. The van der Waals surface area contributed by atoms with E-state index in [-0.39, 0.29) is 18.3 Å². The second-order valence-corrected chi connectivity index (χ2v) is 6.58. The summed E-state index contributed by atoms with van der Waals surface area (Å²) in [6, 6.07) is 3.13. The molecule has 7 heteroatoms. The minimum Gasteiger partial charge on any atom is -0.465 e. The van der Waals surface area contributed by atoms with Gasteiger partial charge in [0.25, 0.3) is 0 Å². The van der Waals surface area contributed by atoms with Crippen LogP contribution < -0.4 is 5.32 Å². The van der Waals surface area contributed by atoms with Gasteiger partial charge in [-0.2, -0.15) is 0 Å². The molecule has 0 amide bonds. The second-order valence-electron chi connectivity index (χ2n) is 5.35. The van der Waals surface area contributed by atoms with Gasteiger partial charge < -0.3 is 10.1 Å². The molecule has 0 spiro atoms. The van der Waals surface area contributed by atoms with Gasteiger partial charge in [-0.25, -0.2) is 0 Å². The number of nitrogens with one attached hydrogen (secondary N) is 1. The molecule has 1 aliphatic rings. The van der Waals surface area contributed by atoms with Crippen molar-refractivity contribution in [2.45, 2.75) is 20.3 Å². The van der Waals surface area contributed by atoms with Crippen LogP contribution >= 0.6 is 34.8 Å². The van der Waals surface area contributed by atoms with E-state index in [9.17, 15) is 9.59 Å². The van der Waals surface area contributed by atoms with Crippen LogP contribution in [0.3, 0.4) is 0 Å². The monoisotopic (exact) mass is 375 g/mol. The number of carbonyl (C=O) groups is 2. The van der Waals surface area contributed by atoms with Crippen molar-refractivity contribution >= 4 is 52.2 Å². The second kappa shape index (κ2) is 7.56. The van der Waals surface area contributed by atoms with Gasteiger partial charge in [-0.05, 0) is 31.4 Å². The zero-order chi connectivity index (χ0) is 17.1. The number of ether oxygens (including phenoxy) is 1. The Labute approximate surface area is 149 Å². The fourth-order valence-electron chi connectivity index (χ4n) is 2.52. The SMILES string of the molecule is CCOC(=O)[C@@H]1C(=O)C=C(Nc2cc(Cl)c(Cl)cc2Cl)C[C@H]1C. The highest BCUT2D eigenvalue weighted by molar-refractivity contribution is 6.44. The third-order valence-corrected chi connectivity index (χ3v) is 4.61. The standard InChI is InChI=1S/C16H16Cl3NO3/c1-3-23-16(22)15-8(2)4-9(5-14(15)21)20-13-7-11(18)10(17)6-12(13)19/h5-8,15,20H,3-4H2,1-2H3/t8-,15+/m1/s1. The summed E-state index contributed by atoms with van der Waals surface area (Å²) in [5.41, 5.74) is 1.23. The first-order valence-electron chi connectivity index (χ1n) is 7.16. The molecule has 2 rings (SSSR count). The van der Waals surface area contributed by atoms with Crippen LogP contribution in [0.4, 0.5) is 5.69 Å². The topological polar surface area (TPSA) is 55.4 Å². The highest BCUT2D eigenvalue weighted by Gasteiger charge is 2.36. The summed E-state index contributed by atoms with van der Waals surface area (Å²) in [6.45, 7) is 3.80. The lowest BCUT2D eigenvalue weighted by Gasteiger charge is -2.26. The van der Waals surface area contributed by atoms with Gasteiger partial charge in [-0.3, -0.25) is 9.59 Å². The van der Waals surface area contributed by atoms with Crippen LogP contribution in [0.25, 0.3) is 0 Å². The van der Waals surface area contributed by atoms with Gasteiger partial charge in [0, 0.05) is 11.8 Å². The Morgan fingerprint density at radius 3 is 2.52 bits per heavy atom. The summed E-state index contributed by atoms with van der Waals surface area (Å²) in [6.07, 6.45) is 1.94. The van der Waals surface area contributed by atoms with E-state index in [2.05, 4.69) is 5.32 Å². The number of esters is 1. The number of benzene rings is 1. The molecule has 0 bridgehead atoms. The van der Waals surface area contributed by atoms with Gasteiger partial charge in [0.2, 0.25) is 0 Å². The Kier molecular flexibility index (Phi) is 5.95. The van der Waals surface area contributed by atoms with Crippen LogP contribution in [0.5, 0.6) is 0 Å². The summed E-state index contributed by atoms with van der Waals surface area (Å²) < 4.78 is 4.96. The van der Waals surface area contributed by atoms with Crippen LogP contribution in [0, 0.1) is 11.8 Å². The van der Waals surface area contributed by atoms with Crippen LogP contribution in [-0.2, 0) is 14.3 Å². The van der Waals surface area contributed by atoms with Crippen LogP contribution in [0.15, 0.2) is 23.9 Å². The normalized spacial score (nSPS) is 20.9. The van der Waals surface area contributed by atoms with E-state index in [0.29, 0.717) is 32.9 Å². The van der Waals surface area contributed by atoms with Gasteiger partial charge in [-0.1, -0.05) is 41.7 Å². The molecular formula is C16H16Cl3NO3. The van der Waals surface area contributed by atoms with E-state index < -0.39 is 11.9 Å². The zero-order valence-corrected chi connectivity index (χ0v) is 14.9. The molecular weight excluding hydrogens is 361 g/mol. The summed E-state index contributed by atoms with van der Waals surface area (Å²) in [5.74, 6) is -1.69. The van der Waals surface area contributed by atoms with Crippen molar-refractivity contribution in [1.29, 1.82) is 0 Å². The molecule has 124 valence electrons. The average Bonchev–Trinajstić information content (AvgIpc) is 2.44. The summed E-state index contributed by atoms with van der Waals surface area (Å²) in [7, 11) is 0. The molecule has 0 heterocycles. The number of allylic oxidation sites excluding steroid dienone is 2. The Morgan fingerprint density at radius 1 is 1.26 bits per heavy atom. The number of hydrogen-bond acceptors (Lipinski definition) is 4. The zero-order valence-electron chi connectivity index (χ0n) is 12.7. The molecule has 1 aromatic rings. The van der Waals surface area contributed by atoms with Crippen LogP contribution in [0.2, 0.25) is 15.1 Å². The van der Waals surface area contributed by atoms with Crippen molar-refractivity contribution in [1.82, 2.24) is 0 Å². The third-order valence-electron chi connectivity index (χ3n) is 3.58. The number of hydrogen-bond donors (Lipinski definition) is 1. The van der Waals surface area contributed by atoms with Crippen LogP contribution in [0.1, 0.15) is 20.3 Å². The first kappa shape index (κ1) is 18.1. The van der Waals surface area contributed by atoms with Crippen molar-refractivity contribution in [2.75, 3.05) is 11.9 Å². The number of carbonyl (C=O) groups excluding carboxylic acids is 2. The lowest BCUT2D eigenvalue weighted by molar-refractivity contribution is -0.152. The Morgan fingerprint density at radius 2 is 1.91 bits per heavy atom. The van der Waals surface area contributed by atoms with E-state index >= 15 is 0 Å². The number of anilines is 1. The maximum absolute atomic E-state index is 12.2. The lowest BCUT2D eigenvalue weighted by Crippen LogP contribution is -2.35. The summed E-state index contributed by atoms with van der Waals surface area (Å²) in [5, 5.41) is 4.19. The van der Waals surface area contributed by atoms with E-state index in [1.807, 2.05) is 6.92 Å². The molecule has 0 aliphatic heterocycles. The van der Waals surface area contributed by atoms with Crippen molar-refractivity contribution in [3.8, 4) is 0 Å². The van der Waals surface area contributed by atoms with E-state index in [1.54, 1.807) is 13.0 Å².